The maximum atomic E-state index is 11.9. The Morgan fingerprint density at radius 1 is 1.00 bits per heavy atom. The summed E-state index contributed by atoms with van der Waals surface area (Å²) in [6, 6.07) is -1.58. The molecule has 0 heterocycles. The van der Waals surface area contributed by atoms with Crippen molar-refractivity contribution < 1.29 is 38.9 Å². The van der Waals surface area contributed by atoms with Crippen LogP contribution in [-0.2, 0) is 28.7 Å². The number of hydrogen-bond acceptors (Lipinski definition) is 7. The molecule has 0 saturated carbocycles. The highest BCUT2D eigenvalue weighted by atomic mass is 16.5. The molecule has 0 spiro atoms. The van der Waals surface area contributed by atoms with E-state index in [2.05, 4.69) is 14.8 Å². The second-order valence-electron chi connectivity index (χ2n) is 5.85. The molecule has 0 aromatic carbocycles. The zero-order valence-corrected chi connectivity index (χ0v) is 14.4. The van der Waals surface area contributed by atoms with Crippen molar-refractivity contribution in [3.63, 3.8) is 0 Å². The lowest BCUT2D eigenvalue weighted by Crippen LogP contribution is -2.52. The molecule has 0 aliphatic rings. The van der Waals surface area contributed by atoms with Gasteiger partial charge >= 0.3 is 17.9 Å². The number of aliphatic hydroxyl groups excluding tert-OH is 1. The van der Waals surface area contributed by atoms with Gasteiger partial charge in [0.25, 0.3) is 0 Å². The van der Waals surface area contributed by atoms with Crippen LogP contribution in [0.25, 0.3) is 0 Å². The second-order valence-corrected chi connectivity index (χ2v) is 5.85. The van der Waals surface area contributed by atoms with Crippen LogP contribution in [0.15, 0.2) is 0 Å². The zero-order valence-electron chi connectivity index (χ0n) is 14.4. The van der Waals surface area contributed by atoms with Crippen LogP contribution < -0.4 is 5.32 Å². The van der Waals surface area contributed by atoms with E-state index >= 15 is 0 Å². The predicted octanol–water partition coefficient (Wildman–Crippen LogP) is -0.439. The lowest BCUT2D eigenvalue weighted by atomic mass is 9.87. The number of carboxylic acid groups (broad SMARTS) is 1. The minimum absolute atomic E-state index is 0.0179. The highest BCUT2D eigenvalue weighted by Gasteiger charge is 2.42. The maximum Gasteiger partial charge on any atom is 0.326 e. The van der Waals surface area contributed by atoms with Gasteiger partial charge in [-0.25, -0.2) is 4.79 Å². The Labute approximate surface area is 140 Å². The largest absolute Gasteiger partial charge is 0.480 e. The number of ether oxygens (including phenoxy) is 2. The van der Waals surface area contributed by atoms with Crippen molar-refractivity contribution >= 4 is 23.8 Å². The third kappa shape index (κ3) is 6.15. The molecule has 0 aliphatic carbocycles. The molecule has 0 aromatic rings. The van der Waals surface area contributed by atoms with E-state index in [1.807, 2.05) is 0 Å². The van der Waals surface area contributed by atoms with E-state index in [0.29, 0.717) is 0 Å². The van der Waals surface area contributed by atoms with Gasteiger partial charge in [0.15, 0.2) is 5.92 Å². The van der Waals surface area contributed by atoms with E-state index in [1.165, 1.54) is 6.92 Å². The number of rotatable bonds is 9. The van der Waals surface area contributed by atoms with Gasteiger partial charge < -0.3 is 25.0 Å². The first-order valence-electron chi connectivity index (χ1n) is 7.43. The Balaban J connectivity index is 5.34. The monoisotopic (exact) mass is 347 g/mol. The number of nitrogens with one attached hydrogen (secondary N) is 1. The van der Waals surface area contributed by atoms with E-state index in [9.17, 15) is 29.4 Å². The van der Waals surface area contributed by atoms with E-state index < -0.39 is 47.8 Å². The average Bonchev–Trinajstić information content (AvgIpc) is 2.50. The quantitative estimate of drug-likeness (QED) is 0.377. The van der Waals surface area contributed by atoms with Crippen LogP contribution in [0.5, 0.6) is 0 Å². The molecular formula is C15H25NO8. The first kappa shape index (κ1) is 21.8. The molecule has 3 N–H and O–H groups in total. The Morgan fingerprint density at radius 3 is 1.79 bits per heavy atom. The summed E-state index contributed by atoms with van der Waals surface area (Å²) in [5, 5.41) is 21.2. The summed E-state index contributed by atoms with van der Waals surface area (Å²) < 4.78 is 8.99. The van der Waals surface area contributed by atoms with Crippen LogP contribution in [0.3, 0.4) is 0 Å². The molecule has 1 amide bonds. The van der Waals surface area contributed by atoms with Crippen molar-refractivity contribution in [2.45, 2.75) is 39.3 Å². The molecule has 0 rings (SSSR count). The molecule has 3 atom stereocenters. The topological polar surface area (TPSA) is 139 Å². The van der Waals surface area contributed by atoms with Crippen LogP contribution >= 0.6 is 0 Å². The van der Waals surface area contributed by atoms with Gasteiger partial charge in [-0.1, -0.05) is 20.8 Å². The van der Waals surface area contributed by atoms with Crippen molar-refractivity contribution in [3.8, 4) is 0 Å². The highest BCUT2D eigenvalue weighted by Crippen LogP contribution is 2.20. The van der Waals surface area contributed by atoms with Gasteiger partial charge in [0.05, 0.1) is 14.2 Å². The van der Waals surface area contributed by atoms with Crippen LogP contribution in [0.2, 0.25) is 0 Å². The summed E-state index contributed by atoms with van der Waals surface area (Å²) in [6.07, 6.45) is -1.25. The molecule has 0 fully saturated rings. The number of aliphatic hydroxyl groups is 1. The van der Waals surface area contributed by atoms with Crippen molar-refractivity contribution in [1.29, 1.82) is 0 Å². The summed E-state index contributed by atoms with van der Waals surface area (Å²) in [7, 11) is 2.09. The summed E-state index contributed by atoms with van der Waals surface area (Å²) in [5.74, 6) is -6.96. The van der Waals surface area contributed by atoms with Crippen LogP contribution in [0.1, 0.15) is 27.2 Å². The fraction of sp³-hybridized carbons (Fsp3) is 0.733. The van der Waals surface area contributed by atoms with E-state index in [1.54, 1.807) is 13.8 Å². The molecule has 0 radical (unpaired) electrons. The number of carboxylic acids is 1. The third-order valence-corrected chi connectivity index (χ3v) is 3.52. The molecule has 0 aliphatic heterocycles. The van der Waals surface area contributed by atoms with Gasteiger partial charge in [-0.2, -0.15) is 0 Å². The number of carbonyl (C=O) groups excluding carboxylic acids is 3. The molecule has 138 valence electrons. The number of carbonyl (C=O) groups is 4. The van der Waals surface area contributed by atoms with Crippen LogP contribution in [0, 0.1) is 17.8 Å². The molecule has 0 unspecified atom stereocenters. The highest BCUT2D eigenvalue weighted by molar-refractivity contribution is 5.96. The molecule has 9 heteroatoms. The second kappa shape index (κ2) is 9.86. The molecule has 0 bridgehead atoms. The predicted molar refractivity (Wildman–Crippen MR) is 81.7 cm³/mol. The number of amides is 1. The van der Waals surface area contributed by atoms with Gasteiger partial charge in [0.2, 0.25) is 5.91 Å². The molecule has 0 aromatic heterocycles. The lowest BCUT2D eigenvalue weighted by molar-refractivity contribution is -0.163. The summed E-state index contributed by atoms with van der Waals surface area (Å²) >= 11 is 0. The van der Waals surface area contributed by atoms with E-state index in [0.717, 1.165) is 14.2 Å². The van der Waals surface area contributed by atoms with Gasteiger partial charge in [0, 0.05) is 5.92 Å². The number of esters is 2. The molecular weight excluding hydrogens is 322 g/mol. The maximum absolute atomic E-state index is 11.9. The fourth-order valence-electron chi connectivity index (χ4n) is 2.19. The molecule has 0 saturated heterocycles. The third-order valence-electron chi connectivity index (χ3n) is 3.52. The minimum atomic E-state index is -1.58. The van der Waals surface area contributed by atoms with Gasteiger partial charge in [-0.15, -0.1) is 0 Å². The van der Waals surface area contributed by atoms with Crippen LogP contribution in [0.4, 0.5) is 0 Å². The van der Waals surface area contributed by atoms with Gasteiger partial charge in [-0.05, 0) is 12.3 Å². The van der Waals surface area contributed by atoms with Gasteiger partial charge in [-0.3, -0.25) is 14.4 Å². The average molecular weight is 347 g/mol. The van der Waals surface area contributed by atoms with E-state index in [4.69, 9.17) is 0 Å². The van der Waals surface area contributed by atoms with Crippen molar-refractivity contribution in [2.75, 3.05) is 14.2 Å². The summed E-state index contributed by atoms with van der Waals surface area (Å²) in [6.45, 7) is 4.88. The van der Waals surface area contributed by atoms with Crippen molar-refractivity contribution in [2.24, 2.45) is 17.8 Å². The first-order valence-corrected chi connectivity index (χ1v) is 7.43. The van der Waals surface area contributed by atoms with Crippen LogP contribution in [-0.4, -0.2) is 60.4 Å². The summed E-state index contributed by atoms with van der Waals surface area (Å²) in [5.41, 5.74) is 0. The Kier molecular flexibility index (Phi) is 8.97. The van der Waals surface area contributed by atoms with E-state index in [-0.39, 0.29) is 12.3 Å². The Morgan fingerprint density at radius 2 is 1.46 bits per heavy atom. The standard InChI is InChI=1S/C15H25NO8/c1-7(2)6-9(17)12(18)16-11(13(19)20)8(3)10(14(21)23-4)15(22)24-5/h7-11,17H,6H2,1-5H3,(H,16,18)(H,19,20)/t8-,9+,11+/m1/s1. The number of hydrogen-bond donors (Lipinski definition) is 3. The lowest BCUT2D eigenvalue weighted by Gasteiger charge is -2.26. The Bertz CT molecular complexity index is 460. The zero-order chi connectivity index (χ0) is 19.0. The van der Waals surface area contributed by atoms with Crippen molar-refractivity contribution in [3.05, 3.63) is 0 Å². The smallest absolute Gasteiger partial charge is 0.326 e. The fourth-order valence-corrected chi connectivity index (χ4v) is 2.19. The minimum Gasteiger partial charge on any atom is -0.480 e. The van der Waals surface area contributed by atoms with Crippen molar-refractivity contribution in [1.82, 2.24) is 5.32 Å². The molecule has 9 nitrogen and oxygen atoms in total. The SMILES string of the molecule is COC(=O)C(C(=O)OC)[C@@H](C)[C@H](NC(=O)[C@@H](O)CC(C)C)C(=O)O. The molecule has 24 heavy (non-hydrogen) atoms. The number of aliphatic carboxylic acids is 1. The van der Waals surface area contributed by atoms with Gasteiger partial charge in [0.1, 0.15) is 12.1 Å². The summed E-state index contributed by atoms with van der Waals surface area (Å²) in [4.78, 5) is 46.9. The normalized spacial score (nSPS) is 14.7. The first-order chi connectivity index (χ1) is 11.1. The Hall–Kier alpha value is -2.16. The number of methoxy groups -OCH3 is 2.